The summed E-state index contributed by atoms with van der Waals surface area (Å²) in [6.07, 6.45) is 0.376. The van der Waals surface area contributed by atoms with E-state index in [0.717, 1.165) is 12.1 Å². The van der Waals surface area contributed by atoms with Gasteiger partial charge in [-0.25, -0.2) is 4.79 Å². The second-order valence-electron chi connectivity index (χ2n) is 4.24. The van der Waals surface area contributed by atoms with E-state index in [1.165, 1.54) is 13.2 Å². The zero-order valence-electron chi connectivity index (χ0n) is 11.5. The Kier molecular flexibility index (Phi) is 4.57. The van der Waals surface area contributed by atoms with Gasteiger partial charge in [0.25, 0.3) is 5.91 Å². The van der Waals surface area contributed by atoms with Gasteiger partial charge in [0.15, 0.2) is 6.10 Å². The Morgan fingerprint density at radius 3 is 2.77 bits per heavy atom. The van der Waals surface area contributed by atoms with E-state index in [9.17, 15) is 19.7 Å². The van der Waals surface area contributed by atoms with Crippen molar-refractivity contribution < 1.29 is 28.1 Å². The molecule has 116 valence electrons. The Labute approximate surface area is 124 Å². The number of hydrogen-bond acceptors (Lipinski definition) is 7. The molecule has 0 unspecified atom stereocenters. The van der Waals surface area contributed by atoms with Crippen LogP contribution >= 0.6 is 0 Å². The van der Waals surface area contributed by atoms with Crippen LogP contribution < -0.4 is 5.32 Å². The quantitative estimate of drug-likeness (QED) is 0.488. The summed E-state index contributed by atoms with van der Waals surface area (Å²) in [6.45, 7) is 1.52. The molecule has 0 saturated heterocycles. The molecule has 1 atom stereocenters. The molecule has 2 heterocycles. The molecular weight excluding hydrogens is 296 g/mol. The van der Waals surface area contributed by atoms with Crippen molar-refractivity contribution in [2.24, 2.45) is 0 Å². The van der Waals surface area contributed by atoms with E-state index in [4.69, 9.17) is 9.15 Å². The van der Waals surface area contributed by atoms with Crippen molar-refractivity contribution in [1.82, 2.24) is 5.32 Å². The smallest absolute Gasteiger partial charge is 0.433 e. The third-order valence-electron chi connectivity index (χ3n) is 2.64. The summed E-state index contributed by atoms with van der Waals surface area (Å²) in [5, 5.41) is 13.0. The lowest BCUT2D eigenvalue weighted by molar-refractivity contribution is -0.402. The van der Waals surface area contributed by atoms with E-state index in [-0.39, 0.29) is 12.3 Å². The highest BCUT2D eigenvalue weighted by Gasteiger charge is 2.23. The largest absolute Gasteiger partial charge is 0.467 e. The first-order valence-electron chi connectivity index (χ1n) is 6.22. The molecule has 0 fully saturated rings. The molecule has 0 saturated carbocycles. The lowest BCUT2D eigenvalue weighted by atomic mass is 10.3. The third-order valence-corrected chi connectivity index (χ3v) is 2.64. The van der Waals surface area contributed by atoms with Gasteiger partial charge in [-0.2, -0.15) is 0 Å². The van der Waals surface area contributed by atoms with Crippen LogP contribution in [0, 0.1) is 10.1 Å². The van der Waals surface area contributed by atoms with Crippen LogP contribution in [0.4, 0.5) is 5.88 Å². The molecule has 0 spiro atoms. The Bertz CT molecular complexity index is 674. The number of amides is 1. The highest BCUT2D eigenvalue weighted by Crippen LogP contribution is 2.16. The predicted molar refractivity (Wildman–Crippen MR) is 70.8 cm³/mol. The molecule has 2 aromatic rings. The van der Waals surface area contributed by atoms with Gasteiger partial charge in [0.2, 0.25) is 5.76 Å². The van der Waals surface area contributed by atoms with E-state index in [0.29, 0.717) is 5.76 Å². The van der Waals surface area contributed by atoms with Crippen molar-refractivity contribution in [3.05, 3.63) is 52.2 Å². The number of esters is 1. The molecule has 0 radical (unpaired) electrons. The molecule has 22 heavy (non-hydrogen) atoms. The number of ether oxygens (including phenoxy) is 1. The molecule has 0 aliphatic carbocycles. The second kappa shape index (κ2) is 6.57. The highest BCUT2D eigenvalue weighted by molar-refractivity contribution is 5.90. The molecule has 1 N–H and O–H groups in total. The summed E-state index contributed by atoms with van der Waals surface area (Å²) in [5.41, 5.74) is 0. The maximum Gasteiger partial charge on any atom is 0.433 e. The van der Waals surface area contributed by atoms with Crippen LogP contribution in [0.1, 0.15) is 23.2 Å². The fourth-order valence-corrected chi connectivity index (χ4v) is 1.54. The summed E-state index contributed by atoms with van der Waals surface area (Å²) < 4.78 is 14.6. The number of nitro groups is 1. The van der Waals surface area contributed by atoms with Crippen molar-refractivity contribution in [3.63, 3.8) is 0 Å². The van der Waals surface area contributed by atoms with Crippen molar-refractivity contribution in [3.8, 4) is 0 Å². The zero-order valence-corrected chi connectivity index (χ0v) is 11.5. The van der Waals surface area contributed by atoms with E-state index < -0.39 is 28.8 Å². The van der Waals surface area contributed by atoms with Gasteiger partial charge < -0.3 is 18.9 Å². The maximum atomic E-state index is 11.7. The van der Waals surface area contributed by atoms with Crippen LogP contribution in [0.25, 0.3) is 0 Å². The van der Waals surface area contributed by atoms with Gasteiger partial charge in [-0.15, -0.1) is 0 Å². The fourth-order valence-electron chi connectivity index (χ4n) is 1.54. The minimum Gasteiger partial charge on any atom is -0.467 e. The number of carbonyl (C=O) groups is 2. The molecule has 0 aromatic carbocycles. The lowest BCUT2D eigenvalue weighted by Crippen LogP contribution is -2.35. The first-order chi connectivity index (χ1) is 10.5. The summed E-state index contributed by atoms with van der Waals surface area (Å²) in [5.74, 6) is -1.88. The molecule has 0 bridgehead atoms. The van der Waals surface area contributed by atoms with E-state index in [1.54, 1.807) is 12.1 Å². The van der Waals surface area contributed by atoms with Crippen LogP contribution in [0.3, 0.4) is 0 Å². The zero-order chi connectivity index (χ0) is 16.1. The SMILES string of the molecule is C[C@H](OC(=O)c1ccc([N+](=O)[O-])o1)C(=O)NCc1ccco1. The van der Waals surface area contributed by atoms with Gasteiger partial charge in [-0.05, 0) is 25.1 Å². The number of carbonyl (C=O) groups excluding carboxylic acids is 2. The van der Waals surface area contributed by atoms with Crippen LogP contribution in [0.2, 0.25) is 0 Å². The maximum absolute atomic E-state index is 11.7. The highest BCUT2D eigenvalue weighted by atomic mass is 16.7. The molecule has 0 aliphatic rings. The Balaban J connectivity index is 1.86. The van der Waals surface area contributed by atoms with Gasteiger partial charge >= 0.3 is 11.9 Å². The van der Waals surface area contributed by atoms with Crippen molar-refractivity contribution in [1.29, 1.82) is 0 Å². The van der Waals surface area contributed by atoms with Gasteiger partial charge in [0.1, 0.15) is 10.7 Å². The van der Waals surface area contributed by atoms with E-state index >= 15 is 0 Å². The lowest BCUT2D eigenvalue weighted by Gasteiger charge is -2.11. The van der Waals surface area contributed by atoms with Crippen LogP contribution in [0.5, 0.6) is 0 Å². The average Bonchev–Trinajstić information content (AvgIpc) is 3.15. The van der Waals surface area contributed by atoms with Crippen LogP contribution in [-0.4, -0.2) is 22.9 Å². The predicted octanol–water partition coefficient (Wildman–Crippen LogP) is 1.64. The van der Waals surface area contributed by atoms with Crippen LogP contribution in [-0.2, 0) is 16.1 Å². The molecule has 9 heteroatoms. The summed E-state index contributed by atoms with van der Waals surface area (Å²) in [4.78, 5) is 33.1. The van der Waals surface area contributed by atoms with Crippen molar-refractivity contribution in [2.75, 3.05) is 0 Å². The summed E-state index contributed by atoms with van der Waals surface area (Å²) >= 11 is 0. The minimum atomic E-state index is -1.09. The minimum absolute atomic E-state index is 0.153. The van der Waals surface area contributed by atoms with Crippen LogP contribution in [0.15, 0.2) is 39.4 Å². The molecule has 0 aliphatic heterocycles. The topological polar surface area (TPSA) is 125 Å². The third kappa shape index (κ3) is 3.72. The van der Waals surface area contributed by atoms with Crippen molar-refractivity contribution in [2.45, 2.75) is 19.6 Å². The summed E-state index contributed by atoms with van der Waals surface area (Å²) in [6, 6.07) is 5.49. The Morgan fingerprint density at radius 2 is 2.18 bits per heavy atom. The first kappa shape index (κ1) is 15.3. The Hall–Kier alpha value is -3.10. The number of furan rings is 2. The molecule has 2 rings (SSSR count). The number of hydrogen-bond donors (Lipinski definition) is 1. The van der Waals surface area contributed by atoms with Gasteiger partial charge in [0, 0.05) is 0 Å². The molecule has 2 aromatic heterocycles. The number of nitrogens with zero attached hydrogens (tertiary/aromatic N) is 1. The van der Waals surface area contributed by atoms with E-state index in [1.807, 2.05) is 0 Å². The normalized spacial score (nSPS) is 11.7. The van der Waals surface area contributed by atoms with Crippen molar-refractivity contribution >= 4 is 17.8 Å². The van der Waals surface area contributed by atoms with Gasteiger partial charge in [0.05, 0.1) is 18.9 Å². The Morgan fingerprint density at radius 1 is 1.41 bits per heavy atom. The van der Waals surface area contributed by atoms with Gasteiger partial charge in [-0.3, -0.25) is 14.9 Å². The fraction of sp³-hybridized carbons (Fsp3) is 0.231. The number of rotatable bonds is 6. The van der Waals surface area contributed by atoms with Gasteiger partial charge in [-0.1, -0.05) is 0 Å². The standard InChI is InChI=1S/C13H12N2O7/c1-8(12(16)14-7-9-3-2-6-20-9)21-13(17)10-4-5-11(22-10)15(18)19/h2-6,8H,7H2,1H3,(H,14,16)/t8-/m0/s1. The van der Waals surface area contributed by atoms with E-state index in [2.05, 4.69) is 9.73 Å². The molecule has 1 amide bonds. The molecular formula is C13H12N2O7. The monoisotopic (exact) mass is 308 g/mol. The summed E-state index contributed by atoms with van der Waals surface area (Å²) in [7, 11) is 0. The first-order valence-corrected chi connectivity index (χ1v) is 6.22. The average molecular weight is 308 g/mol. The second-order valence-corrected chi connectivity index (χ2v) is 4.24. The molecule has 9 nitrogen and oxygen atoms in total. The number of nitrogens with one attached hydrogen (secondary N) is 1.